The predicted octanol–water partition coefficient (Wildman–Crippen LogP) is 1.16. The zero-order valence-corrected chi connectivity index (χ0v) is 13.1. The summed E-state index contributed by atoms with van der Waals surface area (Å²) < 4.78 is 16.9. The Morgan fingerprint density at radius 3 is 2.50 bits per heavy atom. The topological polar surface area (TPSA) is 114 Å². The zero-order valence-electron chi connectivity index (χ0n) is 13.1. The molecule has 1 aliphatic carbocycles. The first kappa shape index (κ1) is 15.9. The van der Waals surface area contributed by atoms with Crippen LogP contribution in [0, 0.1) is 32.1 Å². The van der Waals surface area contributed by atoms with E-state index in [9.17, 15) is 20.2 Å². The van der Waals surface area contributed by atoms with E-state index in [1.54, 1.807) is 6.08 Å². The molecule has 0 N–H and O–H groups in total. The standard InChI is InChI=1S/C15H20N2O7/c18-16(19)11-3-1-10-14(17(20)21)12-5-6-15(10,24-12)9(11)2-4-13-22-7-8-23-13/h5-6,9-14H,1-4,7-8H2/t9-,10?,11+,12-,14-,15-/m0/s1. The molecular weight excluding hydrogens is 320 g/mol. The number of nitrogens with zero attached hydrogens (tertiary/aromatic N) is 2. The quantitative estimate of drug-likeness (QED) is 0.419. The summed E-state index contributed by atoms with van der Waals surface area (Å²) in [5.41, 5.74) is -0.892. The lowest BCUT2D eigenvalue weighted by molar-refractivity contribution is -0.549. The van der Waals surface area contributed by atoms with E-state index >= 15 is 0 Å². The Hall–Kier alpha value is -1.58. The third-order valence-electron chi connectivity index (χ3n) is 5.95. The summed E-state index contributed by atoms with van der Waals surface area (Å²) in [6, 6.07) is -1.55. The van der Waals surface area contributed by atoms with Crippen LogP contribution in [0.25, 0.3) is 0 Å². The van der Waals surface area contributed by atoms with Gasteiger partial charge in [-0.1, -0.05) is 12.2 Å². The third-order valence-corrected chi connectivity index (χ3v) is 5.95. The molecule has 0 aromatic rings. The normalized spacial score (nSPS) is 43.9. The Morgan fingerprint density at radius 1 is 1.08 bits per heavy atom. The molecule has 3 aliphatic heterocycles. The van der Waals surface area contributed by atoms with Crippen molar-refractivity contribution in [3.8, 4) is 0 Å². The average molecular weight is 340 g/mol. The second kappa shape index (κ2) is 5.75. The van der Waals surface area contributed by atoms with Crippen LogP contribution in [-0.4, -0.2) is 53.1 Å². The van der Waals surface area contributed by atoms with Crippen LogP contribution < -0.4 is 0 Å². The first-order valence-electron chi connectivity index (χ1n) is 8.40. The van der Waals surface area contributed by atoms with Gasteiger partial charge in [-0.3, -0.25) is 20.2 Å². The van der Waals surface area contributed by atoms with Crippen LogP contribution in [0.2, 0.25) is 0 Å². The van der Waals surface area contributed by atoms with Crippen molar-refractivity contribution in [2.75, 3.05) is 13.2 Å². The number of nitro groups is 2. The highest BCUT2D eigenvalue weighted by atomic mass is 16.7. The second-order valence-electron chi connectivity index (χ2n) is 6.96. The fraction of sp³-hybridized carbons (Fsp3) is 0.867. The van der Waals surface area contributed by atoms with Gasteiger partial charge in [-0.2, -0.15) is 0 Å². The Labute approximate surface area is 138 Å². The Balaban J connectivity index is 1.60. The molecule has 132 valence electrons. The lowest BCUT2D eigenvalue weighted by Crippen LogP contribution is -2.55. The minimum Gasteiger partial charge on any atom is -0.355 e. The van der Waals surface area contributed by atoms with Gasteiger partial charge in [0.2, 0.25) is 12.1 Å². The lowest BCUT2D eigenvalue weighted by Gasteiger charge is -2.43. The largest absolute Gasteiger partial charge is 0.355 e. The highest BCUT2D eigenvalue weighted by molar-refractivity contribution is 5.27. The molecular formula is C15H20N2O7. The molecule has 9 nitrogen and oxygen atoms in total. The molecule has 24 heavy (non-hydrogen) atoms. The summed E-state index contributed by atoms with van der Waals surface area (Å²) in [5, 5.41) is 23.0. The van der Waals surface area contributed by atoms with E-state index in [0.29, 0.717) is 38.9 Å². The van der Waals surface area contributed by atoms with Crippen molar-refractivity contribution < 1.29 is 24.1 Å². The Kier molecular flexibility index (Phi) is 3.81. The van der Waals surface area contributed by atoms with E-state index < -0.39 is 29.7 Å². The number of hydrogen-bond acceptors (Lipinski definition) is 7. The maximum absolute atomic E-state index is 11.6. The summed E-state index contributed by atoms with van der Waals surface area (Å²) in [5.74, 6) is -0.695. The minimum absolute atomic E-state index is 0.254. The van der Waals surface area contributed by atoms with Crippen molar-refractivity contribution >= 4 is 0 Å². The van der Waals surface area contributed by atoms with Crippen LogP contribution in [0.15, 0.2) is 12.2 Å². The SMILES string of the molecule is O=[N+]([O-])[C@@H]1CCC2[C@H]([N+](=O)[O-])[C@@H]3C=C[C@]2(O3)[C@H]1CCC1OCCO1. The van der Waals surface area contributed by atoms with Crippen molar-refractivity contribution in [1.82, 2.24) is 0 Å². The van der Waals surface area contributed by atoms with Crippen LogP contribution in [0.1, 0.15) is 25.7 Å². The maximum Gasteiger partial charge on any atom is 0.248 e. The number of fused-ring (bicyclic) bond motifs is 1. The van der Waals surface area contributed by atoms with E-state index in [1.165, 1.54) is 0 Å². The van der Waals surface area contributed by atoms with Gasteiger partial charge in [-0.25, -0.2) is 0 Å². The van der Waals surface area contributed by atoms with Crippen LogP contribution in [0.3, 0.4) is 0 Å². The molecule has 0 aromatic heterocycles. The highest BCUT2D eigenvalue weighted by Crippen LogP contribution is 2.56. The van der Waals surface area contributed by atoms with Crippen LogP contribution >= 0.6 is 0 Å². The molecule has 3 fully saturated rings. The molecule has 2 saturated heterocycles. The molecule has 1 spiro atoms. The molecule has 3 heterocycles. The molecule has 0 amide bonds. The average Bonchev–Trinajstić information content (AvgIpc) is 3.25. The number of hydrogen-bond donors (Lipinski definition) is 0. The van der Waals surface area contributed by atoms with Gasteiger partial charge in [-0.05, 0) is 19.3 Å². The third kappa shape index (κ3) is 2.26. The first-order chi connectivity index (χ1) is 11.5. The van der Waals surface area contributed by atoms with Gasteiger partial charge in [0.25, 0.3) is 0 Å². The second-order valence-corrected chi connectivity index (χ2v) is 6.96. The van der Waals surface area contributed by atoms with Crippen molar-refractivity contribution in [2.24, 2.45) is 11.8 Å². The van der Waals surface area contributed by atoms with Gasteiger partial charge in [0, 0.05) is 16.3 Å². The minimum atomic E-state index is -0.892. The van der Waals surface area contributed by atoms with Crippen molar-refractivity contribution in [1.29, 1.82) is 0 Å². The zero-order chi connectivity index (χ0) is 16.9. The first-order valence-corrected chi connectivity index (χ1v) is 8.40. The molecule has 4 rings (SSSR count). The highest BCUT2D eigenvalue weighted by Gasteiger charge is 2.69. The number of ether oxygens (including phenoxy) is 3. The molecule has 4 aliphatic rings. The molecule has 2 bridgehead atoms. The predicted molar refractivity (Wildman–Crippen MR) is 79.4 cm³/mol. The Morgan fingerprint density at radius 2 is 1.83 bits per heavy atom. The van der Waals surface area contributed by atoms with Gasteiger partial charge in [0.05, 0.1) is 25.0 Å². The van der Waals surface area contributed by atoms with E-state index in [4.69, 9.17) is 14.2 Å². The van der Waals surface area contributed by atoms with E-state index in [1.807, 2.05) is 6.08 Å². The van der Waals surface area contributed by atoms with Crippen molar-refractivity contribution in [2.45, 2.75) is 55.8 Å². The van der Waals surface area contributed by atoms with Crippen LogP contribution in [-0.2, 0) is 14.2 Å². The van der Waals surface area contributed by atoms with Gasteiger partial charge in [-0.15, -0.1) is 0 Å². The molecule has 0 radical (unpaired) electrons. The van der Waals surface area contributed by atoms with E-state index in [2.05, 4.69) is 0 Å². The summed E-state index contributed by atoms with van der Waals surface area (Å²) in [4.78, 5) is 22.5. The molecule has 6 atom stereocenters. The summed E-state index contributed by atoms with van der Waals surface area (Å²) in [7, 11) is 0. The summed E-state index contributed by atoms with van der Waals surface area (Å²) in [6.07, 6.45) is 4.47. The monoisotopic (exact) mass is 340 g/mol. The van der Waals surface area contributed by atoms with Gasteiger partial charge >= 0.3 is 0 Å². The Bertz CT molecular complexity index is 576. The smallest absolute Gasteiger partial charge is 0.248 e. The maximum atomic E-state index is 11.6. The molecule has 9 heteroatoms. The van der Waals surface area contributed by atoms with E-state index in [0.717, 1.165) is 0 Å². The lowest BCUT2D eigenvalue weighted by atomic mass is 9.62. The van der Waals surface area contributed by atoms with Gasteiger partial charge in [0.15, 0.2) is 6.29 Å². The van der Waals surface area contributed by atoms with Crippen molar-refractivity contribution in [3.63, 3.8) is 0 Å². The summed E-state index contributed by atoms with van der Waals surface area (Å²) >= 11 is 0. The van der Waals surface area contributed by atoms with Crippen molar-refractivity contribution in [3.05, 3.63) is 32.4 Å². The van der Waals surface area contributed by atoms with Crippen LogP contribution in [0.5, 0.6) is 0 Å². The number of rotatable bonds is 5. The fourth-order valence-corrected chi connectivity index (χ4v) is 5.01. The summed E-state index contributed by atoms with van der Waals surface area (Å²) in [6.45, 7) is 1.06. The fourth-order valence-electron chi connectivity index (χ4n) is 5.01. The molecule has 1 unspecified atom stereocenters. The van der Waals surface area contributed by atoms with Gasteiger partial charge < -0.3 is 14.2 Å². The molecule has 1 saturated carbocycles. The van der Waals surface area contributed by atoms with E-state index in [-0.39, 0.29) is 22.1 Å². The van der Waals surface area contributed by atoms with Gasteiger partial charge in [0.1, 0.15) is 11.7 Å². The van der Waals surface area contributed by atoms with Crippen LogP contribution in [0.4, 0.5) is 0 Å². The molecule has 0 aromatic carbocycles.